The molecule has 0 spiro atoms. The van der Waals surface area contributed by atoms with Crippen molar-refractivity contribution < 1.29 is 18.3 Å². The highest BCUT2D eigenvalue weighted by atomic mass is 32.1. The first kappa shape index (κ1) is 28.7. The summed E-state index contributed by atoms with van der Waals surface area (Å²) in [6.07, 6.45) is -0.495. The number of hydrogen-bond donors (Lipinski definition) is 0. The minimum atomic E-state index is -1.22. The average molecular weight is 691 g/mol. The minimum absolute atomic E-state index is 0.120. The van der Waals surface area contributed by atoms with E-state index in [-0.39, 0.29) is 23.1 Å². The van der Waals surface area contributed by atoms with E-state index in [4.69, 9.17) is 4.74 Å². The fraction of sp³-hybridized carbons (Fsp3) is 0.0286. The number of ether oxygens (including phenoxy) is 1. The molecule has 0 fully saturated rings. The molecule has 0 aliphatic carbocycles. The third-order valence-corrected chi connectivity index (χ3v) is 11.2. The number of hydrogen-bond acceptors (Lipinski definition) is 10. The van der Waals surface area contributed by atoms with Gasteiger partial charge in [0.05, 0.1) is 37.8 Å². The van der Waals surface area contributed by atoms with Crippen LogP contribution in [-0.2, 0) is 11.3 Å². The van der Waals surface area contributed by atoms with Crippen molar-refractivity contribution in [1.82, 2.24) is 13.3 Å². The molecule has 0 atom stereocenters. The quantitative estimate of drug-likeness (QED) is 0.185. The lowest BCUT2D eigenvalue weighted by Gasteiger charge is -2.08. The summed E-state index contributed by atoms with van der Waals surface area (Å²) < 4.78 is 47.0. The molecule has 8 nitrogen and oxygen atoms in total. The highest BCUT2D eigenvalue weighted by molar-refractivity contribution is 7.32. The maximum Gasteiger partial charge on any atom is 0.419 e. The molecule has 0 bridgehead atoms. The first-order valence-electron chi connectivity index (χ1n) is 14.5. The lowest BCUT2D eigenvalue weighted by Crippen LogP contribution is -2.31. The molecule has 232 valence electrons. The van der Waals surface area contributed by atoms with Crippen LogP contribution in [0.2, 0.25) is 0 Å². The van der Waals surface area contributed by atoms with E-state index in [1.165, 1.54) is 11.3 Å². The molecule has 0 aliphatic heterocycles. The summed E-state index contributed by atoms with van der Waals surface area (Å²) in [6.45, 7) is 0.120. The number of rotatable bonds is 4. The Morgan fingerprint density at radius 2 is 1.50 bits per heavy atom. The summed E-state index contributed by atoms with van der Waals surface area (Å²) in [5, 5.41) is 0.0383. The molecule has 5 aromatic carbocycles. The van der Waals surface area contributed by atoms with Gasteiger partial charge in [0.2, 0.25) is 10.9 Å². The molecule has 9 rings (SSSR count). The zero-order chi connectivity index (χ0) is 32.7. The molecule has 0 saturated carbocycles. The Morgan fingerprint density at radius 3 is 2.27 bits per heavy atom. The zero-order valence-electron chi connectivity index (χ0n) is 24.2. The summed E-state index contributed by atoms with van der Waals surface area (Å²) in [5.74, 6) is -2.44. The summed E-state index contributed by atoms with van der Waals surface area (Å²) in [6, 6.07) is 24.2. The molecule has 0 amide bonds. The second kappa shape index (κ2) is 10.8. The fourth-order valence-electron chi connectivity index (χ4n) is 5.99. The van der Waals surface area contributed by atoms with E-state index in [0.29, 0.717) is 16.6 Å². The number of benzene rings is 4. The van der Waals surface area contributed by atoms with E-state index in [1.54, 1.807) is 28.0 Å². The highest BCUT2D eigenvalue weighted by Gasteiger charge is 2.25. The first-order valence-corrected chi connectivity index (χ1v) is 16.8. The van der Waals surface area contributed by atoms with Crippen molar-refractivity contribution in [3.8, 4) is 10.4 Å². The molecule has 0 saturated heterocycles. The largest absolute Gasteiger partial charge is 0.444 e. The highest BCUT2D eigenvalue weighted by Crippen LogP contribution is 2.47. The molecular formula is C35H16F2N4O4S3. The van der Waals surface area contributed by atoms with Gasteiger partial charge in [0, 0.05) is 31.3 Å². The number of thiophene rings is 2. The third-order valence-electron chi connectivity index (χ3n) is 8.21. The molecule has 0 unspecified atom stereocenters. The standard InChI is InChI=1S/C35H16F2N4O4S3/c36-21-12-19-20(13-22(21)37)32(43)29(31(19)42)38-23-11-10-17(27-28(23)40-48-39-27)26-14-24-33(47-26)34-30(18-8-4-5-9-25(18)46-34)41(24)35(44)45-15-16-6-2-1-3-7-16/h1-14H,15H2. The third kappa shape index (κ3) is 4.28. The van der Waals surface area contributed by atoms with Gasteiger partial charge in [0.15, 0.2) is 17.0 Å². The summed E-state index contributed by atoms with van der Waals surface area (Å²) in [5.41, 5.74) is 2.56. The van der Waals surface area contributed by atoms with Crippen LogP contribution in [0.4, 0.5) is 19.3 Å². The Hall–Kier alpha value is -5.50. The van der Waals surface area contributed by atoms with Gasteiger partial charge >= 0.3 is 6.09 Å². The van der Waals surface area contributed by atoms with Crippen molar-refractivity contribution >= 4 is 98.5 Å². The molecule has 0 N–H and O–H groups in total. The van der Waals surface area contributed by atoms with Crippen LogP contribution in [0.3, 0.4) is 0 Å². The maximum absolute atomic E-state index is 13.9. The number of halogens is 2. The fourth-order valence-corrected chi connectivity index (χ4v) is 9.05. The molecule has 4 heterocycles. The van der Waals surface area contributed by atoms with E-state index < -0.39 is 33.9 Å². The Labute approximate surface area is 279 Å². The van der Waals surface area contributed by atoms with Crippen LogP contribution in [-0.4, -0.2) is 19.4 Å². The molecule has 0 aliphatic rings. The molecule has 4 aromatic heterocycles. The van der Waals surface area contributed by atoms with Gasteiger partial charge in [0.1, 0.15) is 17.6 Å². The van der Waals surface area contributed by atoms with Crippen LogP contribution in [0.1, 0.15) is 5.56 Å². The van der Waals surface area contributed by atoms with Gasteiger partial charge in [-0.1, -0.05) is 48.5 Å². The molecular weight excluding hydrogens is 675 g/mol. The van der Waals surface area contributed by atoms with Crippen molar-refractivity contribution in [3.63, 3.8) is 0 Å². The van der Waals surface area contributed by atoms with Crippen molar-refractivity contribution in [2.75, 3.05) is 0 Å². The Bertz CT molecular complexity index is 2900. The lowest BCUT2D eigenvalue weighted by atomic mass is 10.1. The van der Waals surface area contributed by atoms with Crippen LogP contribution in [0.15, 0.2) is 99.5 Å². The number of fused-ring (bicyclic) bond motifs is 7. The monoisotopic (exact) mass is 690 g/mol. The van der Waals surface area contributed by atoms with E-state index >= 15 is 0 Å². The minimum Gasteiger partial charge on any atom is -0.444 e. The summed E-state index contributed by atoms with van der Waals surface area (Å²) in [7, 11) is 0. The molecule has 0 radical (unpaired) electrons. The summed E-state index contributed by atoms with van der Waals surface area (Å²) >= 11 is 4.05. The van der Waals surface area contributed by atoms with Crippen LogP contribution in [0.5, 0.6) is 0 Å². The van der Waals surface area contributed by atoms with Crippen molar-refractivity contribution in [2.45, 2.75) is 6.61 Å². The SMILES string of the molecule is O=C(OCc1ccccc1)n1c2cc(-c3ccc(N=c4c(=O)c5cc(F)c(F)cc5c4=O)c4nsnc34)sc2c2sc3ccccc3c21. The van der Waals surface area contributed by atoms with Gasteiger partial charge in [-0.25, -0.2) is 23.1 Å². The van der Waals surface area contributed by atoms with E-state index in [0.717, 1.165) is 64.9 Å². The lowest BCUT2D eigenvalue weighted by molar-refractivity contribution is 0.143. The molecule has 9 aromatic rings. The second-order valence-electron chi connectivity index (χ2n) is 11.0. The summed E-state index contributed by atoms with van der Waals surface area (Å²) in [4.78, 5) is 44.9. The van der Waals surface area contributed by atoms with Crippen LogP contribution < -0.4 is 16.2 Å². The van der Waals surface area contributed by atoms with Crippen molar-refractivity contribution in [3.05, 3.63) is 128 Å². The van der Waals surface area contributed by atoms with Crippen molar-refractivity contribution in [2.24, 2.45) is 4.99 Å². The van der Waals surface area contributed by atoms with Gasteiger partial charge in [-0.3, -0.25) is 9.59 Å². The van der Waals surface area contributed by atoms with Gasteiger partial charge in [-0.2, -0.15) is 8.75 Å². The predicted octanol–water partition coefficient (Wildman–Crippen LogP) is 8.19. The second-order valence-corrected chi connectivity index (χ2v) is 13.6. The van der Waals surface area contributed by atoms with E-state index in [1.807, 2.05) is 60.7 Å². The van der Waals surface area contributed by atoms with Gasteiger partial charge in [0.25, 0.3) is 0 Å². The smallest absolute Gasteiger partial charge is 0.419 e. The normalized spacial score (nSPS) is 11.9. The van der Waals surface area contributed by atoms with Gasteiger partial charge in [-0.05, 0) is 42.0 Å². The Balaban J connectivity index is 1.20. The number of carbonyl (C=O) groups excluding carboxylic acids is 1. The topological polar surface area (TPSA) is 104 Å². The van der Waals surface area contributed by atoms with Crippen molar-refractivity contribution in [1.29, 1.82) is 0 Å². The Morgan fingerprint density at radius 1 is 0.792 bits per heavy atom. The van der Waals surface area contributed by atoms with Crippen LogP contribution in [0, 0.1) is 11.6 Å². The van der Waals surface area contributed by atoms with Crippen LogP contribution in [0.25, 0.3) is 62.8 Å². The maximum atomic E-state index is 13.9. The number of nitrogens with zero attached hydrogens (tertiary/aromatic N) is 4. The number of carbonyl (C=O) groups is 1. The average Bonchev–Trinajstić information content (AvgIpc) is 3.91. The van der Waals surface area contributed by atoms with E-state index in [2.05, 4.69) is 13.7 Å². The predicted molar refractivity (Wildman–Crippen MR) is 185 cm³/mol. The number of aromatic nitrogens is 3. The molecule has 13 heteroatoms. The van der Waals surface area contributed by atoms with E-state index in [9.17, 15) is 23.2 Å². The van der Waals surface area contributed by atoms with Crippen LogP contribution >= 0.6 is 34.4 Å². The first-order chi connectivity index (χ1) is 23.4. The zero-order valence-corrected chi connectivity index (χ0v) is 26.6. The Kier molecular flexibility index (Phi) is 6.44. The van der Waals surface area contributed by atoms with Gasteiger partial charge < -0.3 is 4.74 Å². The van der Waals surface area contributed by atoms with Gasteiger partial charge in [-0.15, -0.1) is 22.7 Å². The molecule has 48 heavy (non-hydrogen) atoms.